The van der Waals surface area contributed by atoms with Crippen LogP contribution in [0.2, 0.25) is 0 Å². The van der Waals surface area contributed by atoms with Gasteiger partial charge in [-0.25, -0.2) is 0 Å². The summed E-state index contributed by atoms with van der Waals surface area (Å²) in [4.78, 5) is 0.915. The molecule has 4 nitrogen and oxygen atoms in total. The molecule has 1 aromatic carbocycles. The van der Waals surface area contributed by atoms with E-state index in [1.807, 2.05) is 25.1 Å². The number of anilines is 1. The topological polar surface area (TPSA) is 61.6 Å². The Bertz CT molecular complexity index is 535. The average Bonchev–Trinajstić information content (AvgIpc) is 2.47. The van der Waals surface area contributed by atoms with E-state index < -0.39 is 10.8 Å². The van der Waals surface area contributed by atoms with E-state index in [2.05, 4.69) is 0 Å². The van der Waals surface area contributed by atoms with E-state index in [1.165, 1.54) is 0 Å². The van der Waals surface area contributed by atoms with Crippen molar-refractivity contribution in [2.75, 3.05) is 25.6 Å². The standard InChI is InChI=1S/C16H23NO3S/c1-12-10-13(17)2-3-15(12)21(18)14-4-7-20-16(11-14)5-8-19-9-6-16/h2-3,10,14H,4-9,11,17H2,1H3. The molecule has 0 saturated carbocycles. The lowest BCUT2D eigenvalue weighted by Gasteiger charge is -2.43. The highest BCUT2D eigenvalue weighted by Crippen LogP contribution is 2.37. The zero-order chi connectivity index (χ0) is 14.9. The summed E-state index contributed by atoms with van der Waals surface area (Å²) < 4.78 is 24.4. The molecule has 2 unspecified atom stereocenters. The van der Waals surface area contributed by atoms with Crippen LogP contribution in [0.25, 0.3) is 0 Å². The lowest BCUT2D eigenvalue weighted by molar-refractivity contribution is -0.131. The fourth-order valence-electron chi connectivity index (χ4n) is 3.34. The van der Waals surface area contributed by atoms with Crippen LogP contribution in [0.15, 0.2) is 23.1 Å². The van der Waals surface area contributed by atoms with Gasteiger partial charge in [0, 0.05) is 35.7 Å². The molecule has 0 aliphatic carbocycles. The quantitative estimate of drug-likeness (QED) is 0.852. The highest BCUT2D eigenvalue weighted by Gasteiger charge is 2.41. The van der Waals surface area contributed by atoms with E-state index in [0.29, 0.717) is 6.61 Å². The summed E-state index contributed by atoms with van der Waals surface area (Å²) in [6.07, 6.45) is 3.56. The smallest absolute Gasteiger partial charge is 0.0738 e. The molecule has 2 atom stereocenters. The largest absolute Gasteiger partial charge is 0.399 e. The summed E-state index contributed by atoms with van der Waals surface area (Å²) in [7, 11) is -0.994. The molecule has 5 heteroatoms. The zero-order valence-corrected chi connectivity index (χ0v) is 13.3. The normalized spacial score (nSPS) is 26.6. The van der Waals surface area contributed by atoms with Crippen LogP contribution in [-0.2, 0) is 20.3 Å². The fraction of sp³-hybridized carbons (Fsp3) is 0.625. The first kappa shape index (κ1) is 15.0. The van der Waals surface area contributed by atoms with Crippen LogP contribution in [0.3, 0.4) is 0 Å². The van der Waals surface area contributed by atoms with Crippen LogP contribution in [0.5, 0.6) is 0 Å². The maximum atomic E-state index is 12.9. The molecule has 1 aromatic rings. The summed E-state index contributed by atoms with van der Waals surface area (Å²) in [5.74, 6) is 0. The van der Waals surface area contributed by atoms with Gasteiger partial charge in [-0.3, -0.25) is 4.21 Å². The molecule has 0 amide bonds. The third-order valence-electron chi connectivity index (χ3n) is 4.57. The highest BCUT2D eigenvalue weighted by atomic mass is 32.2. The predicted molar refractivity (Wildman–Crippen MR) is 83.8 cm³/mol. The SMILES string of the molecule is Cc1cc(N)ccc1S(=O)C1CCOC2(CCOCC2)C1. The summed E-state index contributed by atoms with van der Waals surface area (Å²) in [6, 6.07) is 5.65. The molecule has 2 heterocycles. The van der Waals surface area contributed by atoms with Crippen molar-refractivity contribution in [3.63, 3.8) is 0 Å². The maximum Gasteiger partial charge on any atom is 0.0738 e. The number of ether oxygens (including phenoxy) is 2. The zero-order valence-electron chi connectivity index (χ0n) is 12.5. The summed E-state index contributed by atoms with van der Waals surface area (Å²) in [5.41, 5.74) is 7.41. The van der Waals surface area contributed by atoms with Crippen molar-refractivity contribution < 1.29 is 13.7 Å². The molecule has 3 rings (SSSR count). The first-order valence-corrected chi connectivity index (χ1v) is 8.79. The van der Waals surface area contributed by atoms with Crippen molar-refractivity contribution in [2.45, 2.75) is 48.4 Å². The maximum absolute atomic E-state index is 12.9. The van der Waals surface area contributed by atoms with Crippen molar-refractivity contribution in [3.05, 3.63) is 23.8 Å². The molecular formula is C16H23NO3S. The summed E-state index contributed by atoms with van der Waals surface area (Å²) in [6.45, 7) is 4.18. The number of aryl methyl sites for hydroxylation is 1. The highest BCUT2D eigenvalue weighted by molar-refractivity contribution is 7.85. The van der Waals surface area contributed by atoms with Crippen LogP contribution in [0, 0.1) is 6.92 Å². The summed E-state index contributed by atoms with van der Waals surface area (Å²) in [5, 5.41) is 0.166. The number of nitrogens with two attached hydrogens (primary N) is 1. The van der Waals surface area contributed by atoms with Crippen LogP contribution in [0.4, 0.5) is 5.69 Å². The number of benzene rings is 1. The average molecular weight is 309 g/mol. The van der Waals surface area contributed by atoms with Gasteiger partial charge in [0.05, 0.1) is 16.4 Å². The molecule has 116 valence electrons. The van der Waals surface area contributed by atoms with Crippen LogP contribution in [-0.4, -0.2) is 34.9 Å². The minimum absolute atomic E-state index is 0.113. The Balaban J connectivity index is 1.77. The van der Waals surface area contributed by atoms with Gasteiger partial charge in [-0.2, -0.15) is 0 Å². The lowest BCUT2D eigenvalue weighted by Crippen LogP contribution is -2.47. The molecule has 0 aromatic heterocycles. The van der Waals surface area contributed by atoms with E-state index in [-0.39, 0.29) is 10.9 Å². The molecule has 1 spiro atoms. The van der Waals surface area contributed by atoms with E-state index in [0.717, 1.165) is 55.0 Å². The first-order chi connectivity index (χ1) is 10.1. The first-order valence-electron chi connectivity index (χ1n) is 7.58. The van der Waals surface area contributed by atoms with Crippen molar-refractivity contribution in [3.8, 4) is 0 Å². The van der Waals surface area contributed by atoms with Gasteiger partial charge >= 0.3 is 0 Å². The number of rotatable bonds is 2. The molecule has 0 radical (unpaired) electrons. The molecular weight excluding hydrogens is 286 g/mol. The molecule has 2 aliphatic heterocycles. The van der Waals surface area contributed by atoms with Gasteiger partial charge in [0.2, 0.25) is 0 Å². The second kappa shape index (κ2) is 6.07. The minimum atomic E-state index is -0.994. The third kappa shape index (κ3) is 3.15. The van der Waals surface area contributed by atoms with Gasteiger partial charge in [-0.1, -0.05) is 0 Å². The van der Waals surface area contributed by atoms with Crippen molar-refractivity contribution in [2.24, 2.45) is 0 Å². The minimum Gasteiger partial charge on any atom is -0.399 e. The fourth-order valence-corrected chi connectivity index (χ4v) is 5.04. The van der Waals surface area contributed by atoms with Crippen molar-refractivity contribution in [1.29, 1.82) is 0 Å². The molecule has 2 saturated heterocycles. The summed E-state index contributed by atoms with van der Waals surface area (Å²) >= 11 is 0. The van der Waals surface area contributed by atoms with E-state index >= 15 is 0 Å². The molecule has 0 bridgehead atoms. The number of nitrogen functional groups attached to an aromatic ring is 1. The van der Waals surface area contributed by atoms with Gasteiger partial charge in [-0.15, -0.1) is 0 Å². The van der Waals surface area contributed by atoms with Crippen molar-refractivity contribution >= 4 is 16.5 Å². The number of hydrogen-bond donors (Lipinski definition) is 1. The Hall–Kier alpha value is -0.910. The Kier molecular flexibility index (Phi) is 4.33. The number of hydrogen-bond acceptors (Lipinski definition) is 4. The van der Waals surface area contributed by atoms with Gasteiger partial charge in [0.15, 0.2) is 0 Å². The Labute approximate surface area is 128 Å². The lowest BCUT2D eigenvalue weighted by atomic mass is 9.86. The van der Waals surface area contributed by atoms with Gasteiger partial charge in [0.1, 0.15) is 0 Å². The Morgan fingerprint density at radius 1 is 1.29 bits per heavy atom. The van der Waals surface area contributed by atoms with Crippen molar-refractivity contribution in [1.82, 2.24) is 0 Å². The predicted octanol–water partition coefficient (Wildman–Crippen LogP) is 2.41. The Morgan fingerprint density at radius 2 is 2.05 bits per heavy atom. The Morgan fingerprint density at radius 3 is 2.76 bits per heavy atom. The molecule has 2 aliphatic rings. The van der Waals surface area contributed by atoms with E-state index in [1.54, 1.807) is 0 Å². The molecule has 21 heavy (non-hydrogen) atoms. The van der Waals surface area contributed by atoms with E-state index in [9.17, 15) is 4.21 Å². The van der Waals surface area contributed by atoms with Crippen LogP contribution in [0.1, 0.15) is 31.2 Å². The second-order valence-corrected chi connectivity index (χ2v) is 7.78. The monoisotopic (exact) mass is 309 g/mol. The molecule has 2 N–H and O–H groups in total. The van der Waals surface area contributed by atoms with Gasteiger partial charge < -0.3 is 15.2 Å². The van der Waals surface area contributed by atoms with Gasteiger partial charge in [0.25, 0.3) is 0 Å². The van der Waals surface area contributed by atoms with E-state index in [4.69, 9.17) is 15.2 Å². The van der Waals surface area contributed by atoms with Crippen LogP contribution < -0.4 is 5.73 Å². The molecule has 2 fully saturated rings. The third-order valence-corrected chi connectivity index (χ3v) is 6.47. The van der Waals surface area contributed by atoms with Crippen LogP contribution >= 0.6 is 0 Å². The second-order valence-electron chi connectivity index (χ2n) is 6.08. The van der Waals surface area contributed by atoms with Gasteiger partial charge in [-0.05, 0) is 56.4 Å².